The van der Waals surface area contributed by atoms with E-state index in [1.54, 1.807) is 0 Å². The number of rotatable bonds is 8. The Hall–Kier alpha value is -1.22. The third-order valence-corrected chi connectivity index (χ3v) is 2.95. The van der Waals surface area contributed by atoms with E-state index in [0.717, 1.165) is 36.3 Å². The molecule has 0 unspecified atom stereocenters. The van der Waals surface area contributed by atoms with E-state index in [2.05, 4.69) is 12.2 Å². The van der Waals surface area contributed by atoms with Crippen LogP contribution in [0.1, 0.15) is 38.7 Å². The van der Waals surface area contributed by atoms with E-state index >= 15 is 0 Å². The molecule has 0 heterocycles. The predicted molar refractivity (Wildman–Crippen MR) is 80.2 cm³/mol. The zero-order chi connectivity index (χ0) is 14.1. The lowest BCUT2D eigenvalue weighted by atomic mass is 10.1. The van der Waals surface area contributed by atoms with Crippen LogP contribution in [0.15, 0.2) is 18.2 Å². The molecule has 1 amide bonds. The molecule has 0 atom stereocenters. The number of hydrogen-bond donors (Lipinski definition) is 1. The summed E-state index contributed by atoms with van der Waals surface area (Å²) >= 11 is 5.74. The maximum atomic E-state index is 11.8. The molecule has 1 aromatic carbocycles. The molecule has 0 spiro atoms. The molecule has 0 aromatic heterocycles. The zero-order valence-corrected chi connectivity index (χ0v) is 12.4. The van der Waals surface area contributed by atoms with Crippen LogP contribution in [0, 0.1) is 0 Å². The molecular formula is C15H22ClNO2. The molecule has 0 radical (unpaired) electrons. The normalized spacial score (nSPS) is 10.3. The van der Waals surface area contributed by atoms with Crippen molar-refractivity contribution >= 4 is 23.2 Å². The van der Waals surface area contributed by atoms with Gasteiger partial charge < -0.3 is 10.1 Å². The average molecular weight is 284 g/mol. The number of benzene rings is 1. The van der Waals surface area contributed by atoms with E-state index in [0.29, 0.717) is 18.9 Å². The highest BCUT2D eigenvalue weighted by Gasteiger charge is 2.08. The van der Waals surface area contributed by atoms with Gasteiger partial charge in [-0.15, -0.1) is 11.6 Å². The number of alkyl halides is 1. The molecule has 0 aliphatic carbocycles. The number of halogens is 1. The SMILES string of the molecule is CCCCC(=O)Nc1ccc(CCCl)cc1OCC. The van der Waals surface area contributed by atoms with Crippen LogP contribution in [0.5, 0.6) is 5.75 Å². The summed E-state index contributed by atoms with van der Waals surface area (Å²) in [5.74, 6) is 1.33. The van der Waals surface area contributed by atoms with Crippen LogP contribution in [0.3, 0.4) is 0 Å². The molecule has 19 heavy (non-hydrogen) atoms. The van der Waals surface area contributed by atoms with Crippen molar-refractivity contribution in [3.63, 3.8) is 0 Å². The lowest BCUT2D eigenvalue weighted by Gasteiger charge is -2.13. The number of carbonyl (C=O) groups excluding carboxylic acids is 1. The van der Waals surface area contributed by atoms with Gasteiger partial charge in [0, 0.05) is 12.3 Å². The molecule has 0 saturated carbocycles. The third kappa shape index (κ3) is 5.52. The summed E-state index contributed by atoms with van der Waals surface area (Å²) in [6, 6.07) is 5.80. The van der Waals surface area contributed by atoms with Gasteiger partial charge in [0.2, 0.25) is 5.91 Å². The van der Waals surface area contributed by atoms with Gasteiger partial charge in [0.25, 0.3) is 0 Å². The monoisotopic (exact) mass is 283 g/mol. The standard InChI is InChI=1S/C15H22ClNO2/c1-3-5-6-15(18)17-13-8-7-12(9-10-16)11-14(13)19-4-2/h7-8,11H,3-6,9-10H2,1-2H3,(H,17,18). The topological polar surface area (TPSA) is 38.3 Å². The lowest BCUT2D eigenvalue weighted by molar-refractivity contribution is -0.116. The van der Waals surface area contributed by atoms with E-state index in [-0.39, 0.29) is 5.91 Å². The smallest absolute Gasteiger partial charge is 0.224 e. The van der Waals surface area contributed by atoms with Crippen LogP contribution in [-0.2, 0) is 11.2 Å². The Morgan fingerprint density at radius 2 is 2.16 bits per heavy atom. The molecule has 1 aromatic rings. The summed E-state index contributed by atoms with van der Waals surface area (Å²) < 4.78 is 5.57. The molecule has 1 rings (SSSR count). The summed E-state index contributed by atoms with van der Waals surface area (Å²) in [6.45, 7) is 4.57. The first kappa shape index (κ1) is 15.8. The van der Waals surface area contributed by atoms with Crippen molar-refractivity contribution in [3.05, 3.63) is 23.8 Å². The van der Waals surface area contributed by atoms with Gasteiger partial charge in [-0.3, -0.25) is 4.79 Å². The Bertz CT molecular complexity index is 407. The number of hydrogen-bond acceptors (Lipinski definition) is 2. The highest BCUT2D eigenvalue weighted by molar-refractivity contribution is 6.18. The van der Waals surface area contributed by atoms with Crippen LogP contribution in [0.25, 0.3) is 0 Å². The average Bonchev–Trinajstić information content (AvgIpc) is 2.40. The number of nitrogens with one attached hydrogen (secondary N) is 1. The highest BCUT2D eigenvalue weighted by Crippen LogP contribution is 2.26. The second kappa shape index (κ2) is 8.81. The van der Waals surface area contributed by atoms with Crippen LogP contribution in [-0.4, -0.2) is 18.4 Å². The fraction of sp³-hybridized carbons (Fsp3) is 0.533. The van der Waals surface area contributed by atoms with Gasteiger partial charge in [0.1, 0.15) is 5.75 Å². The van der Waals surface area contributed by atoms with E-state index < -0.39 is 0 Å². The lowest BCUT2D eigenvalue weighted by Crippen LogP contribution is -2.12. The van der Waals surface area contributed by atoms with Gasteiger partial charge in [-0.05, 0) is 37.5 Å². The summed E-state index contributed by atoms with van der Waals surface area (Å²) in [4.78, 5) is 11.8. The van der Waals surface area contributed by atoms with Gasteiger partial charge in [-0.1, -0.05) is 19.4 Å². The first-order valence-electron chi connectivity index (χ1n) is 6.82. The molecule has 0 fully saturated rings. The third-order valence-electron chi connectivity index (χ3n) is 2.76. The molecular weight excluding hydrogens is 262 g/mol. The van der Waals surface area contributed by atoms with Gasteiger partial charge in [0.15, 0.2) is 0 Å². The number of unbranched alkanes of at least 4 members (excludes halogenated alkanes) is 1. The minimum absolute atomic E-state index is 0.0351. The number of ether oxygens (including phenoxy) is 1. The van der Waals surface area contributed by atoms with E-state index in [9.17, 15) is 4.79 Å². The Morgan fingerprint density at radius 1 is 1.37 bits per heavy atom. The van der Waals surface area contributed by atoms with Crippen molar-refractivity contribution in [2.45, 2.75) is 39.5 Å². The van der Waals surface area contributed by atoms with Crippen molar-refractivity contribution in [1.29, 1.82) is 0 Å². The second-order valence-corrected chi connectivity index (χ2v) is 4.73. The zero-order valence-electron chi connectivity index (χ0n) is 11.7. The van der Waals surface area contributed by atoms with E-state index in [1.165, 1.54) is 0 Å². The fourth-order valence-corrected chi connectivity index (χ4v) is 1.98. The number of carbonyl (C=O) groups is 1. The first-order valence-corrected chi connectivity index (χ1v) is 7.36. The van der Waals surface area contributed by atoms with Crippen LogP contribution < -0.4 is 10.1 Å². The molecule has 1 N–H and O–H groups in total. The molecule has 0 aliphatic rings. The number of anilines is 1. The van der Waals surface area contributed by atoms with E-state index in [4.69, 9.17) is 16.3 Å². The minimum Gasteiger partial charge on any atom is -0.492 e. The maximum Gasteiger partial charge on any atom is 0.224 e. The van der Waals surface area contributed by atoms with Gasteiger partial charge in [0.05, 0.1) is 12.3 Å². The van der Waals surface area contributed by atoms with Crippen LogP contribution in [0.4, 0.5) is 5.69 Å². The van der Waals surface area contributed by atoms with Crippen molar-refractivity contribution in [3.8, 4) is 5.75 Å². The van der Waals surface area contributed by atoms with Crippen LogP contribution in [0.2, 0.25) is 0 Å². The maximum absolute atomic E-state index is 11.8. The Morgan fingerprint density at radius 3 is 2.79 bits per heavy atom. The second-order valence-electron chi connectivity index (χ2n) is 4.35. The van der Waals surface area contributed by atoms with Crippen molar-refractivity contribution in [2.75, 3.05) is 17.8 Å². The molecule has 0 saturated heterocycles. The summed E-state index contributed by atoms with van der Waals surface area (Å²) in [5, 5.41) is 2.90. The first-order chi connectivity index (χ1) is 9.21. The highest BCUT2D eigenvalue weighted by atomic mass is 35.5. The van der Waals surface area contributed by atoms with Gasteiger partial charge in [-0.2, -0.15) is 0 Å². The Labute approximate surface area is 120 Å². The summed E-state index contributed by atoms with van der Waals surface area (Å²) in [7, 11) is 0. The summed E-state index contributed by atoms with van der Waals surface area (Å²) in [6.07, 6.45) is 3.26. The molecule has 3 nitrogen and oxygen atoms in total. The van der Waals surface area contributed by atoms with Crippen molar-refractivity contribution in [2.24, 2.45) is 0 Å². The number of amides is 1. The predicted octanol–water partition coefficient (Wildman–Crippen LogP) is 4.00. The Balaban J connectivity index is 2.77. The molecule has 4 heteroatoms. The van der Waals surface area contributed by atoms with Gasteiger partial charge >= 0.3 is 0 Å². The number of aryl methyl sites for hydroxylation is 1. The van der Waals surface area contributed by atoms with Crippen LogP contribution >= 0.6 is 11.6 Å². The minimum atomic E-state index is 0.0351. The quantitative estimate of drug-likeness (QED) is 0.733. The molecule has 0 aliphatic heterocycles. The van der Waals surface area contributed by atoms with Crippen molar-refractivity contribution < 1.29 is 9.53 Å². The van der Waals surface area contributed by atoms with Crippen molar-refractivity contribution in [1.82, 2.24) is 0 Å². The molecule has 106 valence electrons. The molecule has 0 bridgehead atoms. The summed E-state index contributed by atoms with van der Waals surface area (Å²) in [5.41, 5.74) is 1.85. The largest absolute Gasteiger partial charge is 0.492 e. The van der Waals surface area contributed by atoms with E-state index in [1.807, 2.05) is 25.1 Å². The fourth-order valence-electron chi connectivity index (χ4n) is 1.76. The van der Waals surface area contributed by atoms with Gasteiger partial charge in [-0.25, -0.2) is 0 Å². The Kier molecular flexibility index (Phi) is 7.34.